The van der Waals surface area contributed by atoms with Crippen LogP contribution in [0.15, 0.2) is 41.1 Å². The van der Waals surface area contributed by atoms with Crippen molar-refractivity contribution in [1.82, 2.24) is 14.9 Å². The van der Waals surface area contributed by atoms with Crippen LogP contribution in [0.4, 0.5) is 0 Å². The molecule has 140 valence electrons. The third-order valence-electron chi connectivity index (χ3n) is 3.77. The molecule has 0 bridgehead atoms. The van der Waals surface area contributed by atoms with Gasteiger partial charge >= 0.3 is 0 Å². The van der Waals surface area contributed by atoms with Gasteiger partial charge in [0.05, 0.1) is 27.9 Å². The summed E-state index contributed by atoms with van der Waals surface area (Å²) in [6, 6.07) is 7.66. The molecule has 0 N–H and O–H groups in total. The number of hydrogen-bond acceptors (Lipinski definition) is 6. The Balaban J connectivity index is 1.56. The number of amides is 1. The molecule has 0 aliphatic heterocycles. The molecule has 2 aromatic heterocycles. The Morgan fingerprint density at radius 1 is 1.15 bits per heavy atom. The largest absolute Gasteiger partial charge is 0.487 e. The molecule has 0 unspecified atom stereocenters. The molecule has 7 heteroatoms. The van der Waals surface area contributed by atoms with Gasteiger partial charge in [0.25, 0.3) is 0 Å². The van der Waals surface area contributed by atoms with Crippen molar-refractivity contribution in [3.63, 3.8) is 0 Å². The van der Waals surface area contributed by atoms with Crippen molar-refractivity contribution >= 4 is 34.7 Å². The number of hydrogen-bond donors (Lipinski definition) is 0. The Hall–Kier alpha value is -2.51. The molecule has 5 nitrogen and oxygen atoms in total. The number of nitrogens with zero attached hydrogens (tertiary/aromatic N) is 3. The van der Waals surface area contributed by atoms with E-state index in [-0.39, 0.29) is 5.91 Å². The fourth-order valence-electron chi connectivity index (χ4n) is 2.44. The Morgan fingerprint density at radius 3 is 2.52 bits per heavy atom. The summed E-state index contributed by atoms with van der Waals surface area (Å²) in [5.41, 5.74) is 2.75. The number of thiazole rings is 2. The highest BCUT2D eigenvalue weighted by molar-refractivity contribution is 7.09. The molecule has 27 heavy (non-hydrogen) atoms. The molecule has 0 atom stereocenters. The molecule has 3 rings (SSSR count). The maximum Gasteiger partial charge on any atom is 0.246 e. The summed E-state index contributed by atoms with van der Waals surface area (Å²) in [4.78, 5) is 22.7. The van der Waals surface area contributed by atoms with Crippen molar-refractivity contribution in [3.05, 3.63) is 68.1 Å². The number of carbonyl (C=O) groups is 1. The molecule has 2 heterocycles. The molecule has 0 radical (unpaired) electrons. The van der Waals surface area contributed by atoms with Crippen LogP contribution in [0.1, 0.15) is 27.0 Å². The summed E-state index contributed by atoms with van der Waals surface area (Å²) < 4.78 is 5.79. The molecule has 0 aliphatic rings. The minimum absolute atomic E-state index is 0.0649. The smallest absolute Gasteiger partial charge is 0.246 e. The van der Waals surface area contributed by atoms with Gasteiger partial charge < -0.3 is 9.64 Å². The first kappa shape index (κ1) is 19.3. The summed E-state index contributed by atoms with van der Waals surface area (Å²) in [5, 5.41) is 6.01. The molecular formula is C20H21N3O2S2. The number of aryl methyl sites for hydroxylation is 2. The van der Waals surface area contributed by atoms with Crippen molar-refractivity contribution in [3.8, 4) is 5.75 Å². The van der Waals surface area contributed by atoms with Crippen molar-refractivity contribution in [1.29, 1.82) is 0 Å². The fourth-order valence-corrected chi connectivity index (χ4v) is 3.64. The van der Waals surface area contributed by atoms with Gasteiger partial charge in [0, 0.05) is 23.9 Å². The van der Waals surface area contributed by atoms with E-state index in [0.717, 1.165) is 32.7 Å². The molecular weight excluding hydrogens is 378 g/mol. The average molecular weight is 400 g/mol. The average Bonchev–Trinajstić information content (AvgIpc) is 3.26. The van der Waals surface area contributed by atoms with E-state index in [2.05, 4.69) is 9.97 Å². The molecule has 1 aromatic carbocycles. The zero-order valence-corrected chi connectivity index (χ0v) is 17.1. The highest BCUT2D eigenvalue weighted by atomic mass is 32.1. The second kappa shape index (κ2) is 8.92. The van der Waals surface area contributed by atoms with E-state index in [0.29, 0.717) is 13.2 Å². The molecule has 0 aliphatic carbocycles. The predicted octanol–water partition coefficient (Wildman–Crippen LogP) is 4.47. The Morgan fingerprint density at radius 2 is 1.85 bits per heavy atom. The van der Waals surface area contributed by atoms with Crippen molar-refractivity contribution in [2.75, 3.05) is 7.05 Å². The van der Waals surface area contributed by atoms with Crippen LogP contribution < -0.4 is 4.74 Å². The van der Waals surface area contributed by atoms with Gasteiger partial charge in [-0.25, -0.2) is 9.97 Å². The van der Waals surface area contributed by atoms with Crippen LogP contribution in [0, 0.1) is 13.8 Å². The quantitative estimate of drug-likeness (QED) is 0.550. The van der Waals surface area contributed by atoms with Crippen LogP contribution in [0.25, 0.3) is 6.08 Å². The van der Waals surface area contributed by atoms with Crippen LogP contribution in [-0.4, -0.2) is 27.8 Å². The van der Waals surface area contributed by atoms with E-state index in [1.165, 1.54) is 0 Å². The van der Waals surface area contributed by atoms with Gasteiger partial charge in [0.2, 0.25) is 5.91 Å². The lowest BCUT2D eigenvalue weighted by atomic mass is 10.2. The molecule has 0 saturated heterocycles. The Kier molecular flexibility index (Phi) is 6.36. The first-order chi connectivity index (χ1) is 13.0. The van der Waals surface area contributed by atoms with Crippen LogP contribution in [0.3, 0.4) is 0 Å². The zero-order chi connectivity index (χ0) is 19.2. The first-order valence-corrected chi connectivity index (χ1v) is 10.2. The van der Waals surface area contributed by atoms with E-state index in [1.54, 1.807) is 46.8 Å². The lowest BCUT2D eigenvalue weighted by molar-refractivity contribution is -0.125. The number of carbonyl (C=O) groups excluding carboxylic acids is 1. The monoisotopic (exact) mass is 399 g/mol. The molecule has 1 amide bonds. The maximum atomic E-state index is 12.3. The van der Waals surface area contributed by atoms with Gasteiger partial charge in [0.1, 0.15) is 12.4 Å². The Labute approximate surface area is 167 Å². The summed E-state index contributed by atoms with van der Waals surface area (Å²) in [6.07, 6.45) is 3.37. The van der Waals surface area contributed by atoms with E-state index in [9.17, 15) is 4.79 Å². The van der Waals surface area contributed by atoms with Gasteiger partial charge in [-0.05, 0) is 37.6 Å². The Bertz CT molecular complexity index is 946. The molecule has 0 saturated carbocycles. The number of likely N-dealkylation sites (N-methyl/N-ethyl adjacent to an activating group) is 1. The highest BCUT2D eigenvalue weighted by Crippen LogP contribution is 2.17. The third-order valence-corrected chi connectivity index (χ3v) is 5.42. The van der Waals surface area contributed by atoms with Gasteiger partial charge in [-0.2, -0.15) is 0 Å². The lowest BCUT2D eigenvalue weighted by Crippen LogP contribution is -2.24. The van der Waals surface area contributed by atoms with E-state index in [4.69, 9.17) is 4.74 Å². The third kappa shape index (κ3) is 5.74. The minimum atomic E-state index is -0.0649. The minimum Gasteiger partial charge on any atom is -0.487 e. The standard InChI is InChI=1S/C20H21N3O2S2/c1-14-21-17(12-26-14)10-23(3)20(24)8-7-16-5-4-6-19(9-16)25-11-18-13-27-15(2)22-18/h4-9,12-13H,10-11H2,1-3H3. The van der Waals surface area contributed by atoms with Gasteiger partial charge in [-0.15, -0.1) is 22.7 Å². The zero-order valence-electron chi connectivity index (χ0n) is 15.5. The van der Waals surface area contributed by atoms with Crippen LogP contribution >= 0.6 is 22.7 Å². The summed E-state index contributed by atoms with van der Waals surface area (Å²) >= 11 is 3.20. The number of aromatic nitrogens is 2. The predicted molar refractivity (Wildman–Crippen MR) is 110 cm³/mol. The SMILES string of the molecule is Cc1nc(COc2cccc(C=CC(=O)N(C)Cc3csc(C)n3)c2)cs1. The van der Waals surface area contributed by atoms with Crippen LogP contribution in [0.5, 0.6) is 5.75 Å². The van der Waals surface area contributed by atoms with Gasteiger partial charge in [-0.1, -0.05) is 12.1 Å². The normalized spacial score (nSPS) is 11.1. The first-order valence-electron chi connectivity index (χ1n) is 8.47. The molecule has 3 aromatic rings. The molecule has 0 spiro atoms. The highest BCUT2D eigenvalue weighted by Gasteiger charge is 2.08. The number of ether oxygens (including phenoxy) is 1. The van der Waals surface area contributed by atoms with Crippen LogP contribution in [0.2, 0.25) is 0 Å². The van der Waals surface area contributed by atoms with Gasteiger partial charge in [0.15, 0.2) is 0 Å². The number of benzene rings is 1. The van der Waals surface area contributed by atoms with Crippen molar-refractivity contribution in [2.45, 2.75) is 27.0 Å². The fraction of sp³-hybridized carbons (Fsp3) is 0.250. The van der Waals surface area contributed by atoms with E-state index in [1.807, 2.05) is 48.9 Å². The summed E-state index contributed by atoms with van der Waals surface area (Å²) in [7, 11) is 1.77. The molecule has 0 fully saturated rings. The number of rotatable bonds is 7. The maximum absolute atomic E-state index is 12.3. The van der Waals surface area contributed by atoms with Crippen molar-refractivity contribution in [2.24, 2.45) is 0 Å². The lowest BCUT2D eigenvalue weighted by Gasteiger charge is -2.13. The second-order valence-corrected chi connectivity index (χ2v) is 8.23. The van der Waals surface area contributed by atoms with Crippen molar-refractivity contribution < 1.29 is 9.53 Å². The van der Waals surface area contributed by atoms with E-state index >= 15 is 0 Å². The second-order valence-electron chi connectivity index (χ2n) is 6.10. The summed E-state index contributed by atoms with van der Waals surface area (Å²) in [5.74, 6) is 0.687. The van der Waals surface area contributed by atoms with Gasteiger partial charge in [-0.3, -0.25) is 4.79 Å². The van der Waals surface area contributed by atoms with Crippen LogP contribution in [-0.2, 0) is 17.9 Å². The summed E-state index contributed by atoms with van der Waals surface area (Å²) in [6.45, 7) is 4.87. The topological polar surface area (TPSA) is 55.3 Å². The van der Waals surface area contributed by atoms with E-state index < -0.39 is 0 Å².